The standard InChI is InChI=1S/C14H10N2O4/c17-11(18)7-16-12-9-4-2-1-3-8(9)5-6-10(12)15-13(19)14(16)20/h1-6H,7H2,(H,15,19)(H,17,18). The number of nitrogens with zero attached hydrogens (tertiary/aromatic N) is 1. The second kappa shape index (κ2) is 4.34. The second-order valence-electron chi connectivity index (χ2n) is 4.42. The third-order valence-corrected chi connectivity index (χ3v) is 3.15. The van der Waals surface area contributed by atoms with E-state index < -0.39 is 23.6 Å². The first-order valence-corrected chi connectivity index (χ1v) is 5.94. The fraction of sp³-hybridized carbons (Fsp3) is 0.0714. The highest BCUT2D eigenvalue weighted by atomic mass is 16.4. The van der Waals surface area contributed by atoms with E-state index in [9.17, 15) is 14.4 Å². The van der Waals surface area contributed by atoms with Gasteiger partial charge in [0, 0.05) is 5.39 Å². The molecule has 20 heavy (non-hydrogen) atoms. The quantitative estimate of drug-likeness (QED) is 0.535. The molecule has 0 atom stereocenters. The van der Waals surface area contributed by atoms with Crippen LogP contribution in [0, 0.1) is 0 Å². The van der Waals surface area contributed by atoms with Gasteiger partial charge in [-0.15, -0.1) is 0 Å². The number of benzene rings is 2. The number of carboxylic acids is 1. The molecule has 100 valence electrons. The monoisotopic (exact) mass is 270 g/mol. The van der Waals surface area contributed by atoms with Crippen LogP contribution in [0.15, 0.2) is 46.0 Å². The normalized spacial score (nSPS) is 11.0. The molecule has 2 aromatic carbocycles. The van der Waals surface area contributed by atoms with E-state index in [1.807, 2.05) is 18.2 Å². The Labute approximate surface area is 111 Å². The van der Waals surface area contributed by atoms with Crippen LogP contribution in [-0.2, 0) is 11.3 Å². The van der Waals surface area contributed by atoms with E-state index in [1.165, 1.54) is 0 Å². The number of rotatable bonds is 2. The molecule has 0 fully saturated rings. The van der Waals surface area contributed by atoms with Gasteiger partial charge in [0.2, 0.25) is 0 Å². The highest BCUT2D eigenvalue weighted by molar-refractivity contribution is 6.04. The van der Waals surface area contributed by atoms with E-state index in [1.54, 1.807) is 18.2 Å². The fourth-order valence-electron chi connectivity index (χ4n) is 2.33. The molecule has 2 N–H and O–H groups in total. The Morgan fingerprint density at radius 1 is 1.15 bits per heavy atom. The van der Waals surface area contributed by atoms with Crippen LogP contribution < -0.4 is 11.1 Å². The zero-order valence-corrected chi connectivity index (χ0v) is 10.3. The number of nitrogens with one attached hydrogen (secondary N) is 1. The van der Waals surface area contributed by atoms with E-state index in [4.69, 9.17) is 5.11 Å². The Balaban J connectivity index is 2.58. The summed E-state index contributed by atoms with van der Waals surface area (Å²) in [6.07, 6.45) is 0. The van der Waals surface area contributed by atoms with E-state index >= 15 is 0 Å². The molecule has 0 unspecified atom stereocenters. The van der Waals surface area contributed by atoms with Gasteiger partial charge in [-0.1, -0.05) is 30.3 Å². The van der Waals surface area contributed by atoms with Crippen LogP contribution in [0.4, 0.5) is 0 Å². The van der Waals surface area contributed by atoms with Gasteiger partial charge in [0.05, 0.1) is 11.0 Å². The Morgan fingerprint density at radius 2 is 1.90 bits per heavy atom. The number of carboxylic acid groups (broad SMARTS) is 1. The number of fused-ring (bicyclic) bond motifs is 3. The average molecular weight is 270 g/mol. The summed E-state index contributed by atoms with van der Waals surface area (Å²) in [5.74, 6) is -1.17. The molecule has 0 aliphatic rings. The third-order valence-electron chi connectivity index (χ3n) is 3.15. The van der Waals surface area contributed by atoms with Gasteiger partial charge in [-0.2, -0.15) is 0 Å². The Morgan fingerprint density at radius 3 is 2.65 bits per heavy atom. The third kappa shape index (κ3) is 1.78. The van der Waals surface area contributed by atoms with Crippen molar-refractivity contribution in [2.75, 3.05) is 0 Å². The molecule has 0 aliphatic carbocycles. The molecule has 1 heterocycles. The van der Waals surface area contributed by atoms with Crippen molar-refractivity contribution in [3.05, 3.63) is 57.1 Å². The molecule has 0 bridgehead atoms. The van der Waals surface area contributed by atoms with Crippen molar-refractivity contribution in [2.24, 2.45) is 0 Å². The van der Waals surface area contributed by atoms with Gasteiger partial charge in [-0.3, -0.25) is 19.0 Å². The molecule has 0 spiro atoms. The molecule has 0 amide bonds. The molecule has 1 aromatic heterocycles. The minimum atomic E-state index is -1.17. The average Bonchev–Trinajstić information content (AvgIpc) is 2.43. The van der Waals surface area contributed by atoms with Gasteiger partial charge in [0.25, 0.3) is 0 Å². The zero-order valence-electron chi connectivity index (χ0n) is 10.3. The Kier molecular flexibility index (Phi) is 2.64. The van der Waals surface area contributed by atoms with E-state index in [0.717, 1.165) is 15.3 Å². The van der Waals surface area contributed by atoms with Crippen LogP contribution in [0.3, 0.4) is 0 Å². The minimum Gasteiger partial charge on any atom is -0.480 e. The lowest BCUT2D eigenvalue weighted by atomic mass is 10.1. The molecular formula is C14H10N2O4. The maximum Gasteiger partial charge on any atom is 0.323 e. The Bertz CT molecular complexity index is 953. The molecule has 0 aliphatic heterocycles. The predicted octanol–water partition coefficient (Wildman–Crippen LogP) is 0.928. The number of aromatic nitrogens is 2. The second-order valence-corrected chi connectivity index (χ2v) is 4.42. The van der Waals surface area contributed by atoms with Crippen LogP contribution in [0.25, 0.3) is 21.8 Å². The smallest absolute Gasteiger partial charge is 0.323 e. The van der Waals surface area contributed by atoms with Gasteiger partial charge < -0.3 is 10.1 Å². The van der Waals surface area contributed by atoms with E-state index in [0.29, 0.717) is 11.0 Å². The molecular weight excluding hydrogens is 260 g/mol. The molecule has 0 radical (unpaired) electrons. The first kappa shape index (κ1) is 12.2. The summed E-state index contributed by atoms with van der Waals surface area (Å²) in [7, 11) is 0. The van der Waals surface area contributed by atoms with Gasteiger partial charge in [0.1, 0.15) is 6.54 Å². The van der Waals surface area contributed by atoms with Crippen molar-refractivity contribution in [1.82, 2.24) is 9.55 Å². The van der Waals surface area contributed by atoms with Gasteiger partial charge in [-0.05, 0) is 11.5 Å². The van der Waals surface area contributed by atoms with Crippen molar-refractivity contribution in [2.45, 2.75) is 6.54 Å². The highest BCUT2D eigenvalue weighted by Gasteiger charge is 2.12. The number of hydrogen-bond donors (Lipinski definition) is 2. The Hall–Kier alpha value is -2.89. The highest BCUT2D eigenvalue weighted by Crippen LogP contribution is 2.22. The van der Waals surface area contributed by atoms with Gasteiger partial charge >= 0.3 is 17.1 Å². The predicted molar refractivity (Wildman–Crippen MR) is 74.0 cm³/mol. The summed E-state index contributed by atoms with van der Waals surface area (Å²) >= 11 is 0. The SMILES string of the molecule is O=C(O)Cn1c(=O)c(=O)[nH]c2ccc3ccccc3c21. The number of H-pyrrole nitrogens is 1. The molecule has 6 heteroatoms. The lowest BCUT2D eigenvalue weighted by Crippen LogP contribution is -2.37. The summed E-state index contributed by atoms with van der Waals surface area (Å²) in [4.78, 5) is 36.9. The first-order chi connectivity index (χ1) is 9.58. The molecule has 0 saturated heterocycles. The van der Waals surface area contributed by atoms with Crippen molar-refractivity contribution < 1.29 is 9.90 Å². The number of aliphatic carboxylic acids is 1. The minimum absolute atomic E-state index is 0.426. The fourth-order valence-corrected chi connectivity index (χ4v) is 2.33. The van der Waals surface area contributed by atoms with Gasteiger partial charge in [0.15, 0.2) is 0 Å². The zero-order chi connectivity index (χ0) is 14.3. The van der Waals surface area contributed by atoms with Crippen molar-refractivity contribution >= 4 is 27.8 Å². The maximum atomic E-state index is 11.9. The molecule has 3 aromatic rings. The summed E-state index contributed by atoms with van der Waals surface area (Å²) in [5.41, 5.74) is -0.824. The summed E-state index contributed by atoms with van der Waals surface area (Å²) < 4.78 is 0.999. The summed E-state index contributed by atoms with van der Waals surface area (Å²) in [6.45, 7) is -0.548. The largest absolute Gasteiger partial charge is 0.480 e. The molecule has 3 rings (SSSR count). The van der Waals surface area contributed by atoms with Crippen molar-refractivity contribution in [3.8, 4) is 0 Å². The number of aromatic amines is 1. The van der Waals surface area contributed by atoms with E-state index in [-0.39, 0.29) is 0 Å². The van der Waals surface area contributed by atoms with E-state index in [2.05, 4.69) is 4.98 Å². The van der Waals surface area contributed by atoms with Crippen LogP contribution in [0.1, 0.15) is 0 Å². The van der Waals surface area contributed by atoms with Crippen molar-refractivity contribution in [1.29, 1.82) is 0 Å². The van der Waals surface area contributed by atoms with Crippen LogP contribution >= 0.6 is 0 Å². The lowest BCUT2D eigenvalue weighted by Gasteiger charge is -2.10. The summed E-state index contributed by atoms with van der Waals surface area (Å²) in [5, 5.41) is 10.5. The van der Waals surface area contributed by atoms with Crippen LogP contribution in [-0.4, -0.2) is 20.6 Å². The maximum absolute atomic E-state index is 11.9. The molecule has 6 nitrogen and oxygen atoms in total. The number of hydrogen-bond acceptors (Lipinski definition) is 3. The first-order valence-electron chi connectivity index (χ1n) is 5.94. The summed E-state index contributed by atoms with van der Waals surface area (Å²) in [6, 6.07) is 10.8. The van der Waals surface area contributed by atoms with Gasteiger partial charge in [-0.25, -0.2) is 0 Å². The molecule has 0 saturated carbocycles. The van der Waals surface area contributed by atoms with Crippen LogP contribution in [0.5, 0.6) is 0 Å². The number of carbonyl (C=O) groups is 1. The topological polar surface area (TPSA) is 92.2 Å². The lowest BCUT2D eigenvalue weighted by molar-refractivity contribution is -0.137. The van der Waals surface area contributed by atoms with Crippen molar-refractivity contribution in [3.63, 3.8) is 0 Å². The van der Waals surface area contributed by atoms with Crippen LogP contribution in [0.2, 0.25) is 0 Å².